The lowest BCUT2D eigenvalue weighted by Crippen LogP contribution is -2.61. The molecule has 0 unspecified atom stereocenters. The van der Waals surface area contributed by atoms with Crippen LogP contribution < -0.4 is 16.0 Å². The van der Waals surface area contributed by atoms with Crippen molar-refractivity contribution in [1.82, 2.24) is 10.6 Å². The zero-order chi connectivity index (χ0) is 21.1. The number of urea groups is 1. The molecule has 0 radical (unpaired) electrons. The first kappa shape index (κ1) is 20.7. The summed E-state index contributed by atoms with van der Waals surface area (Å²) in [5.41, 5.74) is 0.301. The number of nitrogens with zero attached hydrogens (tertiary/aromatic N) is 1. The molecule has 0 spiro atoms. The molecule has 0 aromatic carbocycles. The average molecular weight is 431 g/mol. The van der Waals surface area contributed by atoms with Crippen molar-refractivity contribution in [3.05, 3.63) is 17.0 Å². The number of hydrogen-bond acceptors (Lipinski definition) is 6. The summed E-state index contributed by atoms with van der Waals surface area (Å²) in [7, 11) is 0. The molecule has 3 N–H and O–H groups in total. The number of nitrogens with one attached hydrogen (secondary N) is 3. The highest BCUT2D eigenvalue weighted by molar-refractivity contribution is 7.14. The number of nitriles is 1. The quantitative estimate of drug-likeness (QED) is 0.575. The number of hydrogen-bond donors (Lipinski definition) is 3. The molecule has 160 valence electrons. The number of anilines is 1. The minimum absolute atomic E-state index is 0.00990. The van der Waals surface area contributed by atoms with Crippen molar-refractivity contribution in [2.75, 3.05) is 18.5 Å². The zero-order valence-corrected chi connectivity index (χ0v) is 17.6. The summed E-state index contributed by atoms with van der Waals surface area (Å²) in [5, 5.41) is 19.5. The molecule has 0 saturated heterocycles. The summed E-state index contributed by atoms with van der Waals surface area (Å²) < 4.78 is 4.94. The molecule has 4 fully saturated rings. The van der Waals surface area contributed by atoms with E-state index in [0.717, 1.165) is 37.0 Å². The molecule has 4 aliphatic rings. The van der Waals surface area contributed by atoms with E-state index < -0.39 is 18.5 Å². The molecular weight excluding hydrogens is 404 g/mol. The Bertz CT molecular complexity index is 839. The standard InChI is InChI=1S/C21H26N4O4S/c22-11-16-2-4-30-19(16)24-17(26)12-29-18(27)1-3-23-20(28)25-21-8-13-5-14(9-21)7-15(6-13)10-21/h2,4,13-15H,1,3,5-10,12H2,(H,24,26)(H2,23,25,28). The van der Waals surface area contributed by atoms with Crippen molar-refractivity contribution in [1.29, 1.82) is 5.26 Å². The highest BCUT2D eigenvalue weighted by atomic mass is 32.1. The van der Waals surface area contributed by atoms with E-state index in [1.54, 1.807) is 11.4 Å². The first-order valence-corrected chi connectivity index (χ1v) is 11.3. The summed E-state index contributed by atoms with van der Waals surface area (Å²) in [5.74, 6) is 1.17. The Balaban J connectivity index is 1.13. The summed E-state index contributed by atoms with van der Waals surface area (Å²) in [6, 6.07) is 3.34. The second-order valence-corrected chi connectivity index (χ2v) is 9.73. The van der Waals surface area contributed by atoms with Crippen LogP contribution in [-0.4, -0.2) is 36.6 Å². The van der Waals surface area contributed by atoms with Gasteiger partial charge in [0.15, 0.2) is 6.61 Å². The van der Waals surface area contributed by atoms with Gasteiger partial charge >= 0.3 is 12.0 Å². The van der Waals surface area contributed by atoms with Crippen molar-refractivity contribution in [3.63, 3.8) is 0 Å². The SMILES string of the molecule is N#Cc1ccsc1NC(=O)COC(=O)CCNC(=O)NC12CC3CC(CC(C3)C1)C2. The fourth-order valence-corrected chi connectivity index (χ4v) is 6.46. The fraction of sp³-hybridized carbons (Fsp3) is 0.619. The van der Waals surface area contributed by atoms with Crippen LogP contribution in [0, 0.1) is 29.1 Å². The number of carbonyl (C=O) groups excluding carboxylic acids is 3. The predicted molar refractivity (Wildman–Crippen MR) is 111 cm³/mol. The molecule has 8 nitrogen and oxygen atoms in total. The first-order chi connectivity index (χ1) is 14.4. The zero-order valence-electron chi connectivity index (χ0n) is 16.7. The number of thiophene rings is 1. The van der Waals surface area contributed by atoms with Crippen LogP contribution in [-0.2, 0) is 14.3 Å². The van der Waals surface area contributed by atoms with Crippen LogP contribution in [0.3, 0.4) is 0 Å². The molecule has 3 amide bonds. The Morgan fingerprint density at radius 1 is 1.17 bits per heavy atom. The van der Waals surface area contributed by atoms with Crippen LogP contribution in [0.1, 0.15) is 50.5 Å². The Morgan fingerprint density at radius 3 is 2.47 bits per heavy atom. The Hall–Kier alpha value is -2.60. The second-order valence-electron chi connectivity index (χ2n) is 8.81. The number of ether oxygens (including phenoxy) is 1. The van der Waals surface area contributed by atoms with Crippen molar-refractivity contribution in [3.8, 4) is 6.07 Å². The minimum atomic E-state index is -0.563. The molecule has 4 saturated carbocycles. The summed E-state index contributed by atoms with van der Waals surface area (Å²) >= 11 is 1.23. The van der Waals surface area contributed by atoms with Crippen molar-refractivity contribution in [2.45, 2.75) is 50.5 Å². The molecule has 0 aliphatic heterocycles. The topological polar surface area (TPSA) is 120 Å². The van der Waals surface area contributed by atoms with Crippen molar-refractivity contribution >= 4 is 34.2 Å². The minimum Gasteiger partial charge on any atom is -0.456 e. The van der Waals surface area contributed by atoms with Gasteiger partial charge in [0.2, 0.25) is 0 Å². The van der Waals surface area contributed by atoms with Crippen molar-refractivity contribution < 1.29 is 19.1 Å². The molecule has 0 atom stereocenters. The molecule has 1 aromatic heterocycles. The van der Waals surface area contributed by atoms with Gasteiger partial charge in [-0.1, -0.05) is 0 Å². The number of carbonyl (C=O) groups is 3. The van der Waals surface area contributed by atoms with Gasteiger partial charge in [-0.15, -0.1) is 11.3 Å². The van der Waals surface area contributed by atoms with E-state index in [1.807, 2.05) is 6.07 Å². The Labute approximate surface area is 179 Å². The molecule has 30 heavy (non-hydrogen) atoms. The lowest BCUT2D eigenvalue weighted by atomic mass is 9.53. The molecule has 4 aliphatic carbocycles. The molecule has 4 bridgehead atoms. The number of esters is 1. The summed E-state index contributed by atoms with van der Waals surface area (Å²) in [4.78, 5) is 36.0. The van der Waals surface area contributed by atoms with Gasteiger partial charge in [-0.2, -0.15) is 5.26 Å². The van der Waals surface area contributed by atoms with E-state index in [9.17, 15) is 14.4 Å². The first-order valence-electron chi connectivity index (χ1n) is 10.4. The van der Waals surface area contributed by atoms with Crippen LogP contribution in [0.25, 0.3) is 0 Å². The maximum Gasteiger partial charge on any atom is 0.315 e. The van der Waals surface area contributed by atoms with Gasteiger partial charge in [0.1, 0.15) is 11.1 Å². The monoisotopic (exact) mass is 430 g/mol. The lowest BCUT2D eigenvalue weighted by Gasteiger charge is -2.56. The van der Waals surface area contributed by atoms with Gasteiger partial charge in [0.05, 0.1) is 12.0 Å². The van der Waals surface area contributed by atoms with Crippen molar-refractivity contribution in [2.24, 2.45) is 17.8 Å². The lowest BCUT2D eigenvalue weighted by molar-refractivity contribution is -0.147. The van der Waals surface area contributed by atoms with Gasteiger partial charge in [0.25, 0.3) is 5.91 Å². The smallest absolute Gasteiger partial charge is 0.315 e. The fourth-order valence-electron chi connectivity index (χ4n) is 5.70. The molecule has 5 rings (SSSR count). The van der Waals surface area contributed by atoms with Crippen LogP contribution >= 0.6 is 11.3 Å². The van der Waals surface area contributed by atoms with Crippen LogP contribution in [0.5, 0.6) is 0 Å². The van der Waals surface area contributed by atoms with E-state index in [1.165, 1.54) is 30.6 Å². The van der Waals surface area contributed by atoms with Crippen LogP contribution in [0.4, 0.5) is 9.80 Å². The Kier molecular flexibility index (Phi) is 5.95. The third-order valence-electron chi connectivity index (χ3n) is 6.43. The van der Waals surface area contributed by atoms with Crippen LogP contribution in [0.15, 0.2) is 11.4 Å². The largest absolute Gasteiger partial charge is 0.456 e. The number of amides is 3. The van der Waals surface area contributed by atoms with Gasteiger partial charge in [-0.3, -0.25) is 9.59 Å². The highest BCUT2D eigenvalue weighted by Crippen LogP contribution is 2.55. The second kappa shape index (κ2) is 8.64. The third kappa shape index (κ3) is 4.75. The molecule has 9 heteroatoms. The van der Waals surface area contributed by atoms with Gasteiger partial charge < -0.3 is 20.7 Å². The average Bonchev–Trinajstić information content (AvgIpc) is 3.12. The molecule has 1 heterocycles. The van der Waals surface area contributed by atoms with Gasteiger partial charge in [-0.25, -0.2) is 4.79 Å². The maximum atomic E-state index is 12.3. The third-order valence-corrected chi connectivity index (χ3v) is 7.26. The molecular formula is C21H26N4O4S. The van der Waals surface area contributed by atoms with E-state index >= 15 is 0 Å². The summed E-state index contributed by atoms with van der Waals surface area (Å²) in [6.45, 7) is -0.275. The number of rotatable bonds is 7. The Morgan fingerprint density at radius 2 is 1.83 bits per heavy atom. The van der Waals surface area contributed by atoms with E-state index in [4.69, 9.17) is 10.00 Å². The molecule has 1 aromatic rings. The maximum absolute atomic E-state index is 12.3. The summed E-state index contributed by atoms with van der Waals surface area (Å²) in [6.07, 6.45) is 7.14. The van der Waals surface area contributed by atoms with Crippen LogP contribution in [0.2, 0.25) is 0 Å². The van der Waals surface area contributed by atoms with Gasteiger partial charge in [-0.05, 0) is 67.7 Å². The van der Waals surface area contributed by atoms with E-state index in [-0.39, 0.29) is 24.5 Å². The van der Waals surface area contributed by atoms with E-state index in [2.05, 4.69) is 16.0 Å². The highest BCUT2D eigenvalue weighted by Gasteiger charge is 2.51. The predicted octanol–water partition coefficient (Wildman–Crippen LogP) is 2.76. The normalized spacial score (nSPS) is 28.4. The van der Waals surface area contributed by atoms with Gasteiger partial charge in [0, 0.05) is 12.1 Å². The van der Waals surface area contributed by atoms with E-state index in [0.29, 0.717) is 10.6 Å².